The van der Waals surface area contributed by atoms with Crippen molar-refractivity contribution < 1.29 is 5.11 Å². The zero-order valence-corrected chi connectivity index (χ0v) is 12.8. The zero-order valence-electron chi connectivity index (χ0n) is 12.8. The summed E-state index contributed by atoms with van der Waals surface area (Å²) in [6, 6.07) is 15.7. The fraction of sp³-hybridized carbons (Fsp3) is 0.105. The van der Waals surface area contributed by atoms with E-state index in [0.29, 0.717) is 0 Å². The molecule has 4 heteroatoms. The van der Waals surface area contributed by atoms with Crippen molar-refractivity contribution in [1.82, 2.24) is 14.5 Å². The second kappa shape index (κ2) is 5.32. The molecule has 0 bridgehead atoms. The van der Waals surface area contributed by atoms with Crippen LogP contribution in [0.5, 0.6) is 5.75 Å². The van der Waals surface area contributed by atoms with E-state index in [2.05, 4.69) is 33.6 Å². The molecule has 0 amide bonds. The average Bonchev–Trinajstić information content (AvgIpc) is 3.17. The van der Waals surface area contributed by atoms with E-state index in [-0.39, 0.29) is 11.8 Å². The van der Waals surface area contributed by atoms with E-state index in [4.69, 9.17) is 0 Å². The maximum absolute atomic E-state index is 9.91. The first-order valence-electron chi connectivity index (χ1n) is 7.57. The number of para-hydroxylation sites is 1. The number of aryl methyl sites for hydroxylation is 1. The van der Waals surface area contributed by atoms with E-state index < -0.39 is 0 Å². The van der Waals surface area contributed by atoms with Gasteiger partial charge in [0.25, 0.3) is 0 Å². The van der Waals surface area contributed by atoms with Crippen LogP contribution < -0.4 is 0 Å². The van der Waals surface area contributed by atoms with Crippen molar-refractivity contribution in [1.29, 1.82) is 0 Å². The highest BCUT2D eigenvalue weighted by molar-refractivity contribution is 5.85. The Hall–Kier alpha value is -3.01. The normalized spacial score (nSPS) is 12.6. The van der Waals surface area contributed by atoms with Gasteiger partial charge in [-0.3, -0.25) is 0 Å². The van der Waals surface area contributed by atoms with E-state index >= 15 is 0 Å². The largest absolute Gasteiger partial charge is 0.508 e. The highest BCUT2D eigenvalue weighted by atomic mass is 16.3. The number of nitrogens with one attached hydrogen (secondary N) is 1. The first-order chi connectivity index (χ1) is 11.2. The Kier molecular flexibility index (Phi) is 3.15. The van der Waals surface area contributed by atoms with Gasteiger partial charge in [0.15, 0.2) is 0 Å². The van der Waals surface area contributed by atoms with Crippen molar-refractivity contribution in [3.63, 3.8) is 0 Å². The van der Waals surface area contributed by atoms with Crippen molar-refractivity contribution >= 4 is 10.9 Å². The number of benzene rings is 2. The second-order valence-electron chi connectivity index (χ2n) is 5.72. The summed E-state index contributed by atoms with van der Waals surface area (Å²) in [7, 11) is 0. The zero-order chi connectivity index (χ0) is 15.8. The Labute approximate surface area is 134 Å². The Morgan fingerprint density at radius 2 is 2.00 bits per heavy atom. The molecule has 0 aliphatic rings. The lowest BCUT2D eigenvalue weighted by atomic mass is 9.95. The first kappa shape index (κ1) is 13.6. The van der Waals surface area contributed by atoms with Crippen molar-refractivity contribution in [2.75, 3.05) is 0 Å². The number of imidazole rings is 1. The molecule has 0 fully saturated rings. The predicted octanol–water partition coefficient (Wildman–Crippen LogP) is 4.02. The summed E-state index contributed by atoms with van der Waals surface area (Å²) in [6.45, 7) is 2.09. The van der Waals surface area contributed by atoms with Gasteiger partial charge in [-0.1, -0.05) is 30.3 Å². The van der Waals surface area contributed by atoms with Crippen LogP contribution >= 0.6 is 0 Å². The first-order valence-corrected chi connectivity index (χ1v) is 7.57. The van der Waals surface area contributed by atoms with Crippen LogP contribution in [-0.4, -0.2) is 19.6 Å². The van der Waals surface area contributed by atoms with Gasteiger partial charge in [-0.15, -0.1) is 0 Å². The molecule has 0 spiro atoms. The summed E-state index contributed by atoms with van der Waals surface area (Å²) in [5.74, 6) is 0.269. The molecule has 23 heavy (non-hydrogen) atoms. The lowest BCUT2D eigenvalue weighted by Crippen LogP contribution is -2.11. The third kappa shape index (κ3) is 2.28. The van der Waals surface area contributed by atoms with Crippen LogP contribution in [0.25, 0.3) is 10.9 Å². The van der Waals surface area contributed by atoms with Crippen LogP contribution in [0, 0.1) is 6.92 Å². The smallest absolute Gasteiger partial charge is 0.115 e. The number of phenolic OH excluding ortho intramolecular Hbond substituents is 1. The Morgan fingerprint density at radius 3 is 2.78 bits per heavy atom. The number of hydrogen-bond acceptors (Lipinski definition) is 2. The minimum atomic E-state index is -0.0410. The van der Waals surface area contributed by atoms with Crippen LogP contribution in [0.3, 0.4) is 0 Å². The van der Waals surface area contributed by atoms with Crippen LogP contribution in [0.1, 0.15) is 22.9 Å². The summed E-state index contributed by atoms with van der Waals surface area (Å²) >= 11 is 0. The van der Waals surface area contributed by atoms with Crippen molar-refractivity contribution in [2.45, 2.75) is 13.0 Å². The highest BCUT2D eigenvalue weighted by Crippen LogP contribution is 2.35. The van der Waals surface area contributed by atoms with Gasteiger partial charge in [0.2, 0.25) is 0 Å². The second-order valence-corrected chi connectivity index (χ2v) is 5.72. The van der Waals surface area contributed by atoms with Gasteiger partial charge in [-0.2, -0.15) is 0 Å². The molecule has 2 aromatic heterocycles. The number of aromatic hydroxyl groups is 1. The fourth-order valence-corrected chi connectivity index (χ4v) is 3.26. The Morgan fingerprint density at radius 1 is 1.13 bits per heavy atom. The highest BCUT2D eigenvalue weighted by Gasteiger charge is 2.22. The van der Waals surface area contributed by atoms with Gasteiger partial charge in [-0.25, -0.2) is 4.98 Å². The van der Waals surface area contributed by atoms with E-state index in [1.807, 2.05) is 42.9 Å². The van der Waals surface area contributed by atoms with Crippen molar-refractivity contribution in [3.8, 4) is 5.75 Å². The van der Waals surface area contributed by atoms with Gasteiger partial charge >= 0.3 is 0 Å². The standard InChI is InChI=1S/C19H17N3O/c1-13-18(16-7-2-3-8-17(16)21-13)19(22-10-9-20-12-22)14-5-4-6-15(23)11-14/h2-12,19,21,23H,1H3. The van der Waals surface area contributed by atoms with E-state index in [1.54, 1.807) is 12.3 Å². The third-order valence-electron chi connectivity index (χ3n) is 4.23. The minimum Gasteiger partial charge on any atom is -0.508 e. The lowest BCUT2D eigenvalue weighted by molar-refractivity contribution is 0.473. The molecule has 0 aliphatic carbocycles. The Bertz CT molecular complexity index is 954. The van der Waals surface area contributed by atoms with Gasteiger partial charge in [-0.05, 0) is 30.7 Å². The molecule has 0 saturated carbocycles. The molecule has 114 valence electrons. The number of fused-ring (bicyclic) bond motifs is 1. The lowest BCUT2D eigenvalue weighted by Gasteiger charge is -2.20. The molecule has 2 heterocycles. The summed E-state index contributed by atoms with van der Waals surface area (Å²) in [4.78, 5) is 7.66. The molecule has 0 aliphatic heterocycles. The van der Waals surface area contributed by atoms with Crippen molar-refractivity contribution in [3.05, 3.63) is 84.1 Å². The van der Waals surface area contributed by atoms with Gasteiger partial charge in [0, 0.05) is 34.6 Å². The van der Waals surface area contributed by atoms with Crippen LogP contribution in [0.4, 0.5) is 0 Å². The number of phenols is 1. The van der Waals surface area contributed by atoms with E-state index in [9.17, 15) is 5.11 Å². The maximum atomic E-state index is 9.91. The quantitative estimate of drug-likeness (QED) is 0.600. The molecular weight excluding hydrogens is 286 g/mol. The number of aromatic amines is 1. The molecule has 4 rings (SSSR count). The topological polar surface area (TPSA) is 53.8 Å². The average molecular weight is 303 g/mol. The predicted molar refractivity (Wildman–Crippen MR) is 90.6 cm³/mol. The molecule has 2 aromatic carbocycles. The molecule has 4 aromatic rings. The molecule has 1 unspecified atom stereocenters. The maximum Gasteiger partial charge on any atom is 0.115 e. The summed E-state index contributed by atoms with van der Waals surface area (Å²) in [5.41, 5.74) is 4.46. The van der Waals surface area contributed by atoms with Gasteiger partial charge in [0.1, 0.15) is 5.75 Å². The van der Waals surface area contributed by atoms with E-state index in [1.165, 1.54) is 10.9 Å². The minimum absolute atomic E-state index is 0.0410. The molecule has 0 radical (unpaired) electrons. The molecule has 4 nitrogen and oxygen atoms in total. The molecular formula is C19H17N3O. The SMILES string of the molecule is Cc1[nH]c2ccccc2c1C(c1cccc(O)c1)n1ccnc1. The molecule has 1 atom stereocenters. The van der Waals surface area contributed by atoms with Crippen LogP contribution in [0.15, 0.2) is 67.3 Å². The summed E-state index contributed by atoms with van der Waals surface area (Å²) in [5, 5.41) is 11.1. The number of aromatic nitrogens is 3. The summed E-state index contributed by atoms with van der Waals surface area (Å²) < 4.78 is 2.07. The van der Waals surface area contributed by atoms with Crippen molar-refractivity contribution in [2.24, 2.45) is 0 Å². The van der Waals surface area contributed by atoms with Crippen LogP contribution in [-0.2, 0) is 0 Å². The monoisotopic (exact) mass is 303 g/mol. The van der Waals surface area contributed by atoms with Gasteiger partial charge in [0.05, 0.1) is 12.4 Å². The number of H-pyrrole nitrogens is 1. The van der Waals surface area contributed by atoms with Crippen LogP contribution in [0.2, 0.25) is 0 Å². The molecule has 2 N–H and O–H groups in total. The number of hydrogen-bond donors (Lipinski definition) is 2. The van der Waals surface area contributed by atoms with E-state index in [0.717, 1.165) is 16.8 Å². The summed E-state index contributed by atoms with van der Waals surface area (Å²) in [6.07, 6.45) is 5.55. The number of rotatable bonds is 3. The number of nitrogens with zero attached hydrogens (tertiary/aromatic N) is 2. The molecule has 0 saturated heterocycles. The Balaban J connectivity index is 2.00. The third-order valence-corrected chi connectivity index (χ3v) is 4.23. The fourth-order valence-electron chi connectivity index (χ4n) is 3.26. The van der Waals surface area contributed by atoms with Gasteiger partial charge < -0.3 is 14.7 Å².